The lowest BCUT2D eigenvalue weighted by Gasteiger charge is -2.15. The van der Waals surface area contributed by atoms with Crippen molar-refractivity contribution in [2.24, 2.45) is 0 Å². The maximum absolute atomic E-state index is 12.2. The summed E-state index contributed by atoms with van der Waals surface area (Å²) in [6, 6.07) is 13.4. The van der Waals surface area contributed by atoms with E-state index in [0.717, 1.165) is 5.56 Å². The van der Waals surface area contributed by atoms with Gasteiger partial charge in [0.25, 0.3) is 5.91 Å². The molecule has 1 amide bonds. The normalized spacial score (nSPS) is 11.2. The first kappa shape index (κ1) is 17.0. The molecule has 6 heteroatoms. The number of para-hydroxylation sites is 1. The number of carbonyl (C=O) groups excluding carboxylic acids is 2. The molecule has 2 rings (SSSR count). The number of amides is 1. The van der Waals surface area contributed by atoms with E-state index in [9.17, 15) is 9.59 Å². The summed E-state index contributed by atoms with van der Waals surface area (Å²) in [5.41, 5.74) is 8.19. The molecule has 2 aromatic carbocycles. The highest BCUT2D eigenvalue weighted by Gasteiger charge is 2.20. The van der Waals surface area contributed by atoms with Crippen molar-refractivity contribution in [3.63, 3.8) is 0 Å². The third-order valence-electron chi connectivity index (χ3n) is 3.48. The Balaban J connectivity index is 2.01. The molecule has 24 heavy (non-hydrogen) atoms. The Morgan fingerprint density at radius 2 is 1.88 bits per heavy atom. The second-order valence-electron chi connectivity index (χ2n) is 5.26. The van der Waals surface area contributed by atoms with Crippen LogP contribution in [-0.4, -0.2) is 18.0 Å². The third kappa shape index (κ3) is 3.90. The molecule has 0 radical (unpaired) electrons. The van der Waals surface area contributed by atoms with Crippen LogP contribution in [0.1, 0.15) is 28.4 Å². The average molecular weight is 323 g/mol. The number of nitrogens with zero attached hydrogens (tertiary/aromatic N) is 1. The molecule has 0 aliphatic rings. The molecule has 6 nitrogen and oxygen atoms in total. The summed E-state index contributed by atoms with van der Waals surface area (Å²) < 4.78 is 5.17. The van der Waals surface area contributed by atoms with Gasteiger partial charge >= 0.3 is 5.97 Å². The largest absolute Gasteiger partial charge is 0.449 e. The van der Waals surface area contributed by atoms with Gasteiger partial charge in [0.05, 0.1) is 17.2 Å². The van der Waals surface area contributed by atoms with Crippen LogP contribution >= 0.6 is 0 Å². The second-order valence-corrected chi connectivity index (χ2v) is 5.26. The molecule has 122 valence electrons. The van der Waals surface area contributed by atoms with Crippen LogP contribution < -0.4 is 11.1 Å². The van der Waals surface area contributed by atoms with E-state index < -0.39 is 18.0 Å². The van der Waals surface area contributed by atoms with Crippen molar-refractivity contribution in [1.29, 1.82) is 5.26 Å². The number of nitrogens with one attached hydrogen (secondary N) is 1. The number of nitrogens with two attached hydrogens (primary N) is 1. The summed E-state index contributed by atoms with van der Waals surface area (Å²) in [4.78, 5) is 24.3. The van der Waals surface area contributed by atoms with Crippen molar-refractivity contribution in [1.82, 2.24) is 0 Å². The number of aryl methyl sites for hydroxylation is 1. The fourth-order valence-electron chi connectivity index (χ4n) is 2.01. The Bertz CT molecular complexity index is 807. The molecule has 0 aliphatic heterocycles. The molecule has 0 heterocycles. The zero-order chi connectivity index (χ0) is 17.7. The lowest BCUT2D eigenvalue weighted by molar-refractivity contribution is -0.123. The molecule has 0 aliphatic carbocycles. The van der Waals surface area contributed by atoms with Crippen molar-refractivity contribution < 1.29 is 14.3 Å². The highest BCUT2D eigenvalue weighted by Crippen LogP contribution is 2.18. The zero-order valence-electron chi connectivity index (χ0n) is 13.4. The van der Waals surface area contributed by atoms with E-state index in [1.807, 2.05) is 6.07 Å². The van der Waals surface area contributed by atoms with Gasteiger partial charge in [-0.05, 0) is 49.7 Å². The predicted molar refractivity (Wildman–Crippen MR) is 90.3 cm³/mol. The first-order valence-electron chi connectivity index (χ1n) is 7.29. The van der Waals surface area contributed by atoms with Crippen LogP contribution in [0.25, 0.3) is 0 Å². The molecule has 2 aromatic rings. The lowest BCUT2D eigenvalue weighted by atomic mass is 10.1. The van der Waals surface area contributed by atoms with Crippen LogP contribution in [0.2, 0.25) is 0 Å². The van der Waals surface area contributed by atoms with Crippen molar-refractivity contribution >= 4 is 23.3 Å². The van der Waals surface area contributed by atoms with E-state index in [0.29, 0.717) is 16.9 Å². The summed E-state index contributed by atoms with van der Waals surface area (Å²) in [6.45, 7) is 3.26. The van der Waals surface area contributed by atoms with Gasteiger partial charge in [0.1, 0.15) is 0 Å². The Hall–Kier alpha value is -3.33. The Labute approximate surface area is 139 Å². The molecule has 0 aromatic heterocycles. The number of nitriles is 1. The topological polar surface area (TPSA) is 105 Å². The highest BCUT2D eigenvalue weighted by molar-refractivity contribution is 5.99. The number of esters is 1. The molecular formula is C18H17N3O3. The SMILES string of the molecule is Cc1cccc(C(=O)O[C@H](C)C(=O)Nc2ccc(C#N)cc2)c1N. The molecule has 0 fully saturated rings. The van der Waals surface area contributed by atoms with Gasteiger partial charge in [-0.2, -0.15) is 5.26 Å². The number of benzene rings is 2. The van der Waals surface area contributed by atoms with Crippen molar-refractivity contribution in [2.75, 3.05) is 11.1 Å². The predicted octanol–water partition coefficient (Wildman–Crippen LogP) is 2.63. The highest BCUT2D eigenvalue weighted by atomic mass is 16.5. The number of hydrogen-bond donors (Lipinski definition) is 2. The van der Waals surface area contributed by atoms with E-state index in [1.54, 1.807) is 49.4 Å². The van der Waals surface area contributed by atoms with Crippen LogP contribution in [0.5, 0.6) is 0 Å². The van der Waals surface area contributed by atoms with Gasteiger partial charge < -0.3 is 15.8 Å². The van der Waals surface area contributed by atoms with E-state index in [4.69, 9.17) is 15.7 Å². The Morgan fingerprint density at radius 1 is 1.21 bits per heavy atom. The smallest absolute Gasteiger partial charge is 0.341 e. The van der Waals surface area contributed by atoms with Gasteiger partial charge in [-0.15, -0.1) is 0 Å². The fourth-order valence-corrected chi connectivity index (χ4v) is 2.01. The summed E-state index contributed by atoms with van der Waals surface area (Å²) in [7, 11) is 0. The van der Waals surface area contributed by atoms with Gasteiger partial charge in [0.2, 0.25) is 0 Å². The number of rotatable bonds is 4. The quantitative estimate of drug-likeness (QED) is 0.664. The van der Waals surface area contributed by atoms with E-state index in [-0.39, 0.29) is 5.56 Å². The van der Waals surface area contributed by atoms with Gasteiger partial charge in [-0.1, -0.05) is 12.1 Å². The fraction of sp³-hybridized carbons (Fsp3) is 0.167. The van der Waals surface area contributed by atoms with Gasteiger partial charge in [-0.25, -0.2) is 4.79 Å². The maximum Gasteiger partial charge on any atom is 0.341 e. The van der Waals surface area contributed by atoms with Gasteiger partial charge in [-0.3, -0.25) is 4.79 Å². The maximum atomic E-state index is 12.2. The summed E-state index contributed by atoms with van der Waals surface area (Å²) in [5.74, 6) is -1.13. The molecule has 0 saturated heterocycles. The minimum atomic E-state index is -0.993. The van der Waals surface area contributed by atoms with Crippen LogP contribution in [0.15, 0.2) is 42.5 Å². The van der Waals surface area contributed by atoms with Crippen molar-refractivity contribution in [3.05, 3.63) is 59.2 Å². The van der Waals surface area contributed by atoms with Crippen molar-refractivity contribution in [2.45, 2.75) is 20.0 Å². The van der Waals surface area contributed by atoms with E-state index >= 15 is 0 Å². The lowest BCUT2D eigenvalue weighted by Crippen LogP contribution is -2.30. The van der Waals surface area contributed by atoms with Crippen LogP contribution in [0.4, 0.5) is 11.4 Å². The number of hydrogen-bond acceptors (Lipinski definition) is 5. The van der Waals surface area contributed by atoms with Gasteiger partial charge in [0, 0.05) is 11.4 Å². The Morgan fingerprint density at radius 3 is 2.50 bits per heavy atom. The number of carbonyl (C=O) groups is 2. The van der Waals surface area contributed by atoms with Crippen LogP contribution in [-0.2, 0) is 9.53 Å². The monoisotopic (exact) mass is 323 g/mol. The third-order valence-corrected chi connectivity index (χ3v) is 3.48. The average Bonchev–Trinajstić information content (AvgIpc) is 2.57. The number of anilines is 2. The molecule has 0 saturated carbocycles. The second kappa shape index (κ2) is 7.29. The number of nitrogen functional groups attached to an aromatic ring is 1. The molecule has 1 atom stereocenters. The zero-order valence-corrected chi connectivity index (χ0v) is 13.4. The van der Waals surface area contributed by atoms with E-state index in [1.165, 1.54) is 6.92 Å². The molecular weight excluding hydrogens is 306 g/mol. The minimum absolute atomic E-state index is 0.230. The minimum Gasteiger partial charge on any atom is -0.449 e. The molecule has 0 bridgehead atoms. The van der Waals surface area contributed by atoms with E-state index in [2.05, 4.69) is 5.32 Å². The summed E-state index contributed by atoms with van der Waals surface area (Å²) in [5, 5.41) is 11.4. The summed E-state index contributed by atoms with van der Waals surface area (Å²) in [6.07, 6.45) is -0.993. The Kier molecular flexibility index (Phi) is 5.17. The molecule has 3 N–H and O–H groups in total. The first-order chi connectivity index (χ1) is 11.4. The molecule has 0 spiro atoms. The van der Waals surface area contributed by atoms with Gasteiger partial charge in [0.15, 0.2) is 6.10 Å². The van der Waals surface area contributed by atoms with Crippen LogP contribution in [0, 0.1) is 18.3 Å². The van der Waals surface area contributed by atoms with Crippen LogP contribution in [0.3, 0.4) is 0 Å². The standard InChI is InChI=1S/C18H17N3O3/c1-11-4-3-5-15(16(11)20)18(23)24-12(2)17(22)21-14-8-6-13(10-19)7-9-14/h3-9,12H,20H2,1-2H3,(H,21,22)/t12-/m1/s1. The first-order valence-corrected chi connectivity index (χ1v) is 7.29. The summed E-state index contributed by atoms with van der Waals surface area (Å²) >= 11 is 0. The van der Waals surface area contributed by atoms with Crippen molar-refractivity contribution in [3.8, 4) is 6.07 Å². The number of ether oxygens (including phenoxy) is 1. The molecule has 0 unspecified atom stereocenters.